The minimum Gasteiger partial charge on any atom is -0.330 e. The molecule has 1 fully saturated rings. The van der Waals surface area contributed by atoms with Crippen LogP contribution in [-0.2, 0) is 19.8 Å². The van der Waals surface area contributed by atoms with Crippen molar-refractivity contribution in [2.45, 2.75) is 25.6 Å². The van der Waals surface area contributed by atoms with Crippen molar-refractivity contribution in [3.8, 4) is 0 Å². The third-order valence-corrected chi connectivity index (χ3v) is 3.71. The lowest BCUT2D eigenvalue weighted by molar-refractivity contribution is -0.137. The van der Waals surface area contributed by atoms with Gasteiger partial charge in [0, 0.05) is 7.05 Å². The van der Waals surface area contributed by atoms with Gasteiger partial charge in [-0.3, -0.25) is 0 Å². The van der Waals surface area contributed by atoms with E-state index in [1.54, 1.807) is 0 Å². The maximum absolute atomic E-state index is 12.7. The van der Waals surface area contributed by atoms with E-state index in [9.17, 15) is 13.2 Å². The highest BCUT2D eigenvalue weighted by atomic mass is 19.4. The summed E-state index contributed by atoms with van der Waals surface area (Å²) in [5, 5.41) is 3.30. The molecule has 0 spiro atoms. The quantitative estimate of drug-likeness (QED) is 0.934. The van der Waals surface area contributed by atoms with E-state index in [4.69, 9.17) is 0 Å². The zero-order valence-electron chi connectivity index (χ0n) is 11.2. The van der Waals surface area contributed by atoms with Gasteiger partial charge in [0.1, 0.15) is 5.82 Å². The smallest absolute Gasteiger partial charge is 0.330 e. The Morgan fingerprint density at radius 3 is 2.75 bits per heavy atom. The average molecular weight is 283 g/mol. The molecule has 1 aromatic carbocycles. The van der Waals surface area contributed by atoms with Crippen molar-refractivity contribution >= 4 is 11.0 Å². The highest BCUT2D eigenvalue weighted by Gasteiger charge is 2.31. The Hall–Kier alpha value is -1.56. The van der Waals surface area contributed by atoms with Crippen molar-refractivity contribution in [2.75, 3.05) is 6.54 Å². The molecule has 0 amide bonds. The van der Waals surface area contributed by atoms with Gasteiger partial charge >= 0.3 is 6.18 Å². The van der Waals surface area contributed by atoms with Gasteiger partial charge in [0.05, 0.1) is 23.1 Å². The number of rotatable bonds is 4. The minimum absolute atomic E-state index is 0.394. The zero-order valence-corrected chi connectivity index (χ0v) is 11.2. The lowest BCUT2D eigenvalue weighted by Crippen LogP contribution is -2.18. The summed E-state index contributed by atoms with van der Waals surface area (Å²) in [5.41, 5.74) is 0.465. The number of benzene rings is 1. The summed E-state index contributed by atoms with van der Waals surface area (Å²) in [6.07, 6.45) is -1.79. The fourth-order valence-corrected chi connectivity index (χ4v) is 2.29. The Balaban J connectivity index is 1.84. The number of nitrogens with one attached hydrogen (secondary N) is 1. The predicted molar refractivity (Wildman–Crippen MR) is 70.1 cm³/mol. The second-order valence-corrected chi connectivity index (χ2v) is 5.36. The van der Waals surface area contributed by atoms with E-state index in [2.05, 4.69) is 10.3 Å². The fraction of sp³-hybridized carbons (Fsp3) is 0.500. The molecule has 1 N–H and O–H groups in total. The fourth-order valence-electron chi connectivity index (χ4n) is 2.29. The van der Waals surface area contributed by atoms with Gasteiger partial charge in [-0.2, -0.15) is 13.2 Å². The summed E-state index contributed by atoms with van der Waals surface area (Å²) < 4.78 is 39.9. The summed E-state index contributed by atoms with van der Waals surface area (Å²) in [6, 6.07) is 3.70. The first kappa shape index (κ1) is 13.4. The number of hydrogen-bond acceptors (Lipinski definition) is 2. The first-order valence-corrected chi connectivity index (χ1v) is 6.68. The molecule has 3 rings (SSSR count). The molecule has 1 heterocycles. The van der Waals surface area contributed by atoms with E-state index in [1.165, 1.54) is 18.9 Å². The largest absolute Gasteiger partial charge is 0.416 e. The molecule has 0 atom stereocenters. The van der Waals surface area contributed by atoms with Crippen LogP contribution in [0.25, 0.3) is 11.0 Å². The molecule has 1 aliphatic carbocycles. The van der Waals surface area contributed by atoms with Gasteiger partial charge in [-0.05, 0) is 43.5 Å². The van der Waals surface area contributed by atoms with Crippen LogP contribution in [0.1, 0.15) is 24.2 Å². The van der Waals surface area contributed by atoms with Crippen molar-refractivity contribution in [3.63, 3.8) is 0 Å². The van der Waals surface area contributed by atoms with Gasteiger partial charge in [-0.1, -0.05) is 0 Å². The standard InChI is InChI=1S/C14H16F3N3/c1-20-12-5-4-10(14(15,16)17)6-11(12)19-13(20)8-18-7-9-2-3-9/h4-6,9,18H,2-3,7-8H2,1H3. The molecule has 0 unspecified atom stereocenters. The molecule has 0 aliphatic heterocycles. The minimum atomic E-state index is -4.32. The highest BCUT2D eigenvalue weighted by Crippen LogP contribution is 2.31. The van der Waals surface area contributed by atoms with Crippen LogP contribution in [0.2, 0.25) is 0 Å². The number of fused-ring (bicyclic) bond motifs is 1. The molecular weight excluding hydrogens is 267 g/mol. The second-order valence-electron chi connectivity index (χ2n) is 5.36. The molecule has 108 valence electrons. The Bertz CT molecular complexity index is 626. The van der Waals surface area contributed by atoms with E-state index in [0.29, 0.717) is 12.1 Å². The maximum Gasteiger partial charge on any atom is 0.416 e. The van der Waals surface area contributed by atoms with Crippen LogP contribution in [0.4, 0.5) is 13.2 Å². The van der Waals surface area contributed by atoms with Gasteiger partial charge < -0.3 is 9.88 Å². The molecule has 0 bridgehead atoms. The molecule has 2 aromatic rings. The van der Waals surface area contributed by atoms with Crippen molar-refractivity contribution in [3.05, 3.63) is 29.6 Å². The summed E-state index contributed by atoms with van der Waals surface area (Å²) in [5.74, 6) is 1.53. The van der Waals surface area contributed by atoms with E-state index in [0.717, 1.165) is 35.9 Å². The molecule has 1 aromatic heterocycles. The monoisotopic (exact) mass is 283 g/mol. The SMILES string of the molecule is Cn1c(CNCC2CC2)nc2cc(C(F)(F)F)ccc21. The van der Waals surface area contributed by atoms with E-state index < -0.39 is 11.7 Å². The number of imidazole rings is 1. The molecule has 0 saturated heterocycles. The Morgan fingerprint density at radius 2 is 2.10 bits per heavy atom. The molecule has 1 aliphatic rings. The van der Waals surface area contributed by atoms with Gasteiger partial charge in [0.25, 0.3) is 0 Å². The maximum atomic E-state index is 12.7. The summed E-state index contributed by atoms with van der Waals surface area (Å²) in [4.78, 5) is 4.30. The first-order chi connectivity index (χ1) is 9.45. The Labute approximate surface area is 114 Å². The number of aryl methyl sites for hydroxylation is 1. The molecule has 20 heavy (non-hydrogen) atoms. The van der Waals surface area contributed by atoms with Gasteiger partial charge in [-0.25, -0.2) is 4.98 Å². The zero-order chi connectivity index (χ0) is 14.3. The molecule has 0 radical (unpaired) electrons. The van der Waals surface area contributed by atoms with E-state index in [1.807, 2.05) is 11.6 Å². The van der Waals surface area contributed by atoms with Crippen molar-refractivity contribution in [1.29, 1.82) is 0 Å². The van der Waals surface area contributed by atoms with Gasteiger partial charge in [0.2, 0.25) is 0 Å². The lowest BCUT2D eigenvalue weighted by atomic mass is 10.2. The molecule has 1 saturated carbocycles. The van der Waals surface area contributed by atoms with Crippen LogP contribution < -0.4 is 5.32 Å². The van der Waals surface area contributed by atoms with E-state index >= 15 is 0 Å². The molecule has 6 heteroatoms. The number of alkyl halides is 3. The Morgan fingerprint density at radius 1 is 1.35 bits per heavy atom. The van der Waals surface area contributed by atoms with Crippen molar-refractivity contribution < 1.29 is 13.2 Å². The summed E-state index contributed by atoms with van der Waals surface area (Å²) in [6.45, 7) is 1.54. The number of nitrogens with zero attached hydrogens (tertiary/aromatic N) is 2. The van der Waals surface area contributed by atoms with Crippen molar-refractivity contribution in [2.24, 2.45) is 13.0 Å². The molecule has 3 nitrogen and oxygen atoms in total. The van der Waals surface area contributed by atoms with Crippen LogP contribution in [-0.4, -0.2) is 16.1 Å². The predicted octanol–water partition coefficient (Wildman–Crippen LogP) is 3.09. The van der Waals surface area contributed by atoms with Crippen LogP contribution in [0.15, 0.2) is 18.2 Å². The highest BCUT2D eigenvalue weighted by molar-refractivity contribution is 5.77. The Kier molecular flexibility index (Phi) is 3.20. The normalized spacial score (nSPS) is 16.0. The van der Waals surface area contributed by atoms with Gasteiger partial charge in [0.15, 0.2) is 0 Å². The van der Waals surface area contributed by atoms with Crippen LogP contribution in [0.5, 0.6) is 0 Å². The van der Waals surface area contributed by atoms with Crippen LogP contribution in [0.3, 0.4) is 0 Å². The number of halogens is 3. The second kappa shape index (κ2) is 4.77. The van der Waals surface area contributed by atoms with Crippen LogP contribution >= 0.6 is 0 Å². The van der Waals surface area contributed by atoms with Crippen LogP contribution in [0, 0.1) is 5.92 Å². The third-order valence-electron chi connectivity index (χ3n) is 3.71. The van der Waals surface area contributed by atoms with E-state index in [-0.39, 0.29) is 0 Å². The van der Waals surface area contributed by atoms with Crippen molar-refractivity contribution in [1.82, 2.24) is 14.9 Å². The number of aromatic nitrogens is 2. The average Bonchev–Trinajstić information content (AvgIpc) is 3.14. The molecular formula is C14H16F3N3. The third kappa shape index (κ3) is 2.65. The first-order valence-electron chi connectivity index (χ1n) is 6.68. The number of hydrogen-bond donors (Lipinski definition) is 1. The summed E-state index contributed by atoms with van der Waals surface area (Å²) in [7, 11) is 1.83. The topological polar surface area (TPSA) is 29.9 Å². The lowest BCUT2D eigenvalue weighted by Gasteiger charge is -2.06. The van der Waals surface area contributed by atoms with Gasteiger partial charge in [-0.15, -0.1) is 0 Å². The summed E-state index contributed by atoms with van der Waals surface area (Å²) >= 11 is 0.